The predicted molar refractivity (Wildman–Crippen MR) is 28.2 cm³/mol. The van der Waals surface area contributed by atoms with E-state index in [1.165, 1.54) is 11.4 Å². The molecule has 33 valence electrons. The molecule has 0 fully saturated rings. The summed E-state index contributed by atoms with van der Waals surface area (Å²) in [5.41, 5.74) is 2.88. The average Bonchev–Trinajstić information content (AvgIpc) is 1.65. The molecule has 0 N–H and O–H groups in total. The summed E-state index contributed by atoms with van der Waals surface area (Å²) in [7, 11) is -1.88. The van der Waals surface area contributed by atoms with Crippen LogP contribution < -0.4 is 0 Å². The minimum atomic E-state index is -1.88. The maximum absolute atomic E-state index is 10.2. The van der Waals surface area contributed by atoms with Crippen molar-refractivity contribution >= 4 is 9.04 Å². The molecule has 1 radical (unpaired) electrons. The molecule has 0 saturated carbocycles. The lowest BCUT2D eigenvalue weighted by atomic mass is 11.2. The van der Waals surface area contributed by atoms with Gasteiger partial charge in [-0.3, -0.25) is 4.80 Å². The fourth-order valence-corrected chi connectivity index (χ4v) is 0.289. The van der Waals surface area contributed by atoms with Crippen molar-refractivity contribution < 1.29 is 4.80 Å². The lowest BCUT2D eigenvalue weighted by Crippen LogP contribution is -1.97. The van der Waals surface area contributed by atoms with Gasteiger partial charge < -0.3 is 0 Å². The van der Waals surface area contributed by atoms with Crippen LogP contribution in [0.25, 0.3) is 0 Å². The first-order valence-electron chi connectivity index (χ1n) is 1.72. The van der Waals surface area contributed by atoms with Crippen LogP contribution in [0.2, 0.25) is 0 Å². The summed E-state index contributed by atoms with van der Waals surface area (Å²) >= 11 is 0. The number of hydrogen-bond donors (Lipinski definition) is 0. The molecule has 0 saturated heterocycles. The highest BCUT2D eigenvalue weighted by Gasteiger charge is 1.89. The lowest BCUT2D eigenvalue weighted by molar-refractivity contribution is 0.469. The summed E-state index contributed by atoms with van der Waals surface area (Å²) < 4.78 is 0. The molecular weight excluding hydrogens is 92.1 g/mol. The van der Waals surface area contributed by atoms with Crippen molar-refractivity contribution in [2.75, 3.05) is 0 Å². The second-order valence-electron chi connectivity index (χ2n) is 0.936. The predicted octanol–water partition coefficient (Wildman–Crippen LogP) is 0.591. The van der Waals surface area contributed by atoms with Crippen molar-refractivity contribution in [3.05, 3.63) is 24.6 Å². The first-order chi connectivity index (χ1) is 2.81. The SMILES string of the molecule is C=C[SiH]([O])C=C. The first kappa shape index (κ1) is 5.66. The zero-order valence-electron chi connectivity index (χ0n) is 3.55. The molecule has 1 nitrogen and oxygen atoms in total. The van der Waals surface area contributed by atoms with E-state index in [0.29, 0.717) is 0 Å². The Labute approximate surface area is 39.4 Å². The smallest absolute Gasteiger partial charge is 0.268 e. The zero-order valence-corrected chi connectivity index (χ0v) is 4.71. The van der Waals surface area contributed by atoms with E-state index in [-0.39, 0.29) is 0 Å². The van der Waals surface area contributed by atoms with Gasteiger partial charge >= 0.3 is 0 Å². The van der Waals surface area contributed by atoms with E-state index in [1.54, 1.807) is 0 Å². The molecule has 0 unspecified atom stereocenters. The summed E-state index contributed by atoms with van der Waals surface area (Å²) in [6, 6.07) is 0. The fourth-order valence-electron chi connectivity index (χ4n) is 0.0962. The van der Waals surface area contributed by atoms with Gasteiger partial charge in [0.25, 0.3) is 9.04 Å². The number of hydrogen-bond acceptors (Lipinski definition) is 0. The first-order valence-corrected chi connectivity index (χ1v) is 3.52. The van der Waals surface area contributed by atoms with Crippen LogP contribution in [0.15, 0.2) is 24.6 Å². The van der Waals surface area contributed by atoms with Crippen LogP contribution >= 0.6 is 0 Å². The molecule has 6 heavy (non-hydrogen) atoms. The summed E-state index contributed by atoms with van der Waals surface area (Å²) in [5, 5.41) is 0. The van der Waals surface area contributed by atoms with Gasteiger partial charge in [0.1, 0.15) is 0 Å². The van der Waals surface area contributed by atoms with Crippen molar-refractivity contribution in [3.8, 4) is 0 Å². The van der Waals surface area contributed by atoms with Crippen molar-refractivity contribution in [1.29, 1.82) is 0 Å². The molecule has 0 aliphatic carbocycles. The van der Waals surface area contributed by atoms with Crippen molar-refractivity contribution in [3.63, 3.8) is 0 Å². The molecule has 0 aliphatic heterocycles. The Morgan fingerprint density at radius 2 is 1.67 bits per heavy atom. The van der Waals surface area contributed by atoms with Gasteiger partial charge in [-0.05, 0) is 0 Å². The minimum Gasteiger partial charge on any atom is -0.291 e. The van der Waals surface area contributed by atoms with Crippen LogP contribution in [0.5, 0.6) is 0 Å². The Bertz CT molecular complexity index is 52.6. The highest BCUT2D eigenvalue weighted by atomic mass is 28.3. The minimum absolute atomic E-state index is 1.44. The van der Waals surface area contributed by atoms with E-state index >= 15 is 0 Å². The third-order valence-corrected chi connectivity index (χ3v) is 1.39. The Kier molecular flexibility index (Phi) is 2.71. The summed E-state index contributed by atoms with van der Waals surface area (Å²) in [4.78, 5) is 10.2. The van der Waals surface area contributed by atoms with Crippen LogP contribution in [0.4, 0.5) is 0 Å². The third kappa shape index (κ3) is 1.93. The van der Waals surface area contributed by atoms with Crippen LogP contribution in [-0.4, -0.2) is 9.04 Å². The largest absolute Gasteiger partial charge is 0.291 e. The van der Waals surface area contributed by atoms with E-state index < -0.39 is 9.04 Å². The van der Waals surface area contributed by atoms with Gasteiger partial charge in [0.15, 0.2) is 0 Å². The molecule has 0 rings (SSSR count). The van der Waals surface area contributed by atoms with Gasteiger partial charge in [-0.2, -0.15) is 0 Å². The molecule has 0 heterocycles. The Hall–Kier alpha value is -0.343. The molecule has 0 spiro atoms. The summed E-state index contributed by atoms with van der Waals surface area (Å²) in [5.74, 6) is 0. The number of rotatable bonds is 2. The topological polar surface area (TPSA) is 19.9 Å². The van der Waals surface area contributed by atoms with Crippen LogP contribution in [-0.2, 0) is 4.80 Å². The van der Waals surface area contributed by atoms with Gasteiger partial charge in [0.05, 0.1) is 0 Å². The summed E-state index contributed by atoms with van der Waals surface area (Å²) in [6.07, 6.45) is 0. The quantitative estimate of drug-likeness (QED) is 0.452. The molecule has 0 aromatic carbocycles. The molecular formula is C4H7OSi. The van der Waals surface area contributed by atoms with Crippen molar-refractivity contribution in [2.24, 2.45) is 0 Å². The molecule has 0 aliphatic rings. The lowest BCUT2D eigenvalue weighted by Gasteiger charge is -1.80. The standard InChI is InChI=1S/C4H7OSi/c1-3-6(5)4-2/h3-4,6H,1-2H2. The molecule has 2 heteroatoms. The molecule has 0 aromatic rings. The summed E-state index contributed by atoms with van der Waals surface area (Å²) in [6.45, 7) is 6.62. The Morgan fingerprint density at radius 1 is 1.33 bits per heavy atom. The highest BCUT2D eigenvalue weighted by molar-refractivity contribution is 6.61. The third-order valence-electron chi connectivity index (χ3n) is 0.465. The molecule has 0 amide bonds. The van der Waals surface area contributed by atoms with Crippen LogP contribution in [0.1, 0.15) is 0 Å². The fraction of sp³-hybridized carbons (Fsp3) is 0. The van der Waals surface area contributed by atoms with E-state index in [1.807, 2.05) is 0 Å². The van der Waals surface area contributed by atoms with Crippen molar-refractivity contribution in [2.45, 2.75) is 0 Å². The Balaban J connectivity index is 3.21. The maximum atomic E-state index is 10.2. The van der Waals surface area contributed by atoms with Gasteiger partial charge in [-0.1, -0.05) is 11.4 Å². The van der Waals surface area contributed by atoms with Gasteiger partial charge in [0, 0.05) is 0 Å². The zero-order chi connectivity index (χ0) is 4.99. The Morgan fingerprint density at radius 3 is 1.67 bits per heavy atom. The second-order valence-corrected chi connectivity index (χ2v) is 2.81. The maximum Gasteiger partial charge on any atom is 0.268 e. The second kappa shape index (κ2) is 2.87. The molecule has 0 atom stereocenters. The van der Waals surface area contributed by atoms with Crippen molar-refractivity contribution in [1.82, 2.24) is 0 Å². The van der Waals surface area contributed by atoms with Gasteiger partial charge in [0.2, 0.25) is 0 Å². The van der Waals surface area contributed by atoms with Gasteiger partial charge in [-0.25, -0.2) is 0 Å². The van der Waals surface area contributed by atoms with E-state index in [0.717, 1.165) is 0 Å². The van der Waals surface area contributed by atoms with E-state index in [9.17, 15) is 4.80 Å². The monoisotopic (exact) mass is 99.0 g/mol. The average molecular weight is 99.2 g/mol. The van der Waals surface area contributed by atoms with E-state index in [2.05, 4.69) is 13.2 Å². The normalized spacial score (nSPS) is 8.33. The van der Waals surface area contributed by atoms with Crippen LogP contribution in [0.3, 0.4) is 0 Å². The van der Waals surface area contributed by atoms with Crippen LogP contribution in [0, 0.1) is 0 Å². The highest BCUT2D eigenvalue weighted by Crippen LogP contribution is 1.74. The van der Waals surface area contributed by atoms with Gasteiger partial charge in [-0.15, -0.1) is 13.2 Å². The molecule has 0 bridgehead atoms. The molecule has 0 aromatic heterocycles. The van der Waals surface area contributed by atoms with E-state index in [4.69, 9.17) is 0 Å².